The third-order valence-corrected chi connectivity index (χ3v) is 2.19. The monoisotopic (exact) mass is 247 g/mol. The van der Waals surface area contributed by atoms with Gasteiger partial charge in [0, 0.05) is 0 Å². The standard InChI is InChI=1S/C5H3BrClN5/c6-2-1-3(7)9-5(8)10-4(1)12-11-2/h(H3,8,9,10,11,12). The van der Waals surface area contributed by atoms with Gasteiger partial charge in [-0.1, -0.05) is 11.6 Å². The van der Waals surface area contributed by atoms with Crippen LogP contribution in [-0.4, -0.2) is 20.2 Å². The first kappa shape index (κ1) is 7.75. The molecule has 2 heterocycles. The van der Waals surface area contributed by atoms with Gasteiger partial charge in [-0.15, -0.1) is 0 Å². The predicted molar refractivity (Wildman–Crippen MR) is 48.8 cm³/mol. The zero-order chi connectivity index (χ0) is 8.72. The minimum atomic E-state index is 0.117. The Bertz CT molecular complexity index is 439. The van der Waals surface area contributed by atoms with Gasteiger partial charge in [0.1, 0.15) is 9.76 Å². The number of aromatic amines is 1. The van der Waals surface area contributed by atoms with Gasteiger partial charge in [-0.3, -0.25) is 5.10 Å². The maximum atomic E-state index is 5.79. The second-order valence-corrected chi connectivity index (χ2v) is 3.26. The molecule has 0 amide bonds. The van der Waals surface area contributed by atoms with E-state index in [0.717, 1.165) is 0 Å². The topological polar surface area (TPSA) is 80.5 Å². The van der Waals surface area contributed by atoms with Crippen molar-refractivity contribution in [3.05, 3.63) is 9.76 Å². The Morgan fingerprint density at radius 2 is 2.17 bits per heavy atom. The average Bonchev–Trinajstić information content (AvgIpc) is 2.31. The predicted octanol–water partition coefficient (Wildman–Crippen LogP) is 1.35. The third kappa shape index (κ3) is 1.03. The summed E-state index contributed by atoms with van der Waals surface area (Å²) in [5.74, 6) is 0.117. The zero-order valence-corrected chi connectivity index (χ0v) is 8.02. The molecule has 0 aromatic carbocycles. The van der Waals surface area contributed by atoms with Crippen LogP contribution in [0.15, 0.2) is 4.60 Å². The van der Waals surface area contributed by atoms with Crippen molar-refractivity contribution in [2.24, 2.45) is 0 Å². The zero-order valence-electron chi connectivity index (χ0n) is 5.67. The van der Waals surface area contributed by atoms with Gasteiger partial charge in [0.05, 0.1) is 5.39 Å². The van der Waals surface area contributed by atoms with Crippen LogP contribution in [0.3, 0.4) is 0 Å². The molecule has 3 N–H and O–H groups in total. The van der Waals surface area contributed by atoms with E-state index in [4.69, 9.17) is 17.3 Å². The summed E-state index contributed by atoms with van der Waals surface area (Å²) in [5.41, 5.74) is 5.82. The van der Waals surface area contributed by atoms with E-state index < -0.39 is 0 Å². The lowest BCUT2D eigenvalue weighted by molar-refractivity contribution is 1.07. The molecule has 7 heteroatoms. The van der Waals surface area contributed by atoms with Gasteiger partial charge in [-0.25, -0.2) is 4.98 Å². The van der Waals surface area contributed by atoms with Crippen LogP contribution in [0.2, 0.25) is 5.15 Å². The molecule has 62 valence electrons. The highest BCUT2D eigenvalue weighted by molar-refractivity contribution is 9.10. The fourth-order valence-corrected chi connectivity index (χ4v) is 1.70. The van der Waals surface area contributed by atoms with Gasteiger partial charge in [0.2, 0.25) is 5.95 Å². The summed E-state index contributed by atoms with van der Waals surface area (Å²) in [7, 11) is 0. The highest BCUT2D eigenvalue weighted by atomic mass is 79.9. The van der Waals surface area contributed by atoms with Crippen LogP contribution in [0.1, 0.15) is 0 Å². The summed E-state index contributed by atoms with van der Waals surface area (Å²) >= 11 is 9.01. The minimum absolute atomic E-state index is 0.117. The van der Waals surface area contributed by atoms with Crippen molar-refractivity contribution in [1.82, 2.24) is 20.2 Å². The molecular formula is C5H3BrClN5. The second-order valence-electron chi connectivity index (χ2n) is 2.11. The Hall–Kier alpha value is -0.880. The van der Waals surface area contributed by atoms with Crippen molar-refractivity contribution in [2.45, 2.75) is 0 Å². The molecule has 0 saturated heterocycles. The maximum absolute atomic E-state index is 5.79. The molecule has 2 aromatic heterocycles. The summed E-state index contributed by atoms with van der Waals surface area (Å²) in [5, 5.41) is 7.46. The van der Waals surface area contributed by atoms with Crippen molar-refractivity contribution in [2.75, 3.05) is 5.73 Å². The van der Waals surface area contributed by atoms with Gasteiger partial charge in [0.25, 0.3) is 0 Å². The largest absolute Gasteiger partial charge is 0.368 e. The number of rotatable bonds is 0. The van der Waals surface area contributed by atoms with E-state index in [0.29, 0.717) is 15.6 Å². The Balaban J connectivity index is 2.93. The molecule has 0 fully saturated rings. The number of hydrogen-bond donors (Lipinski definition) is 2. The maximum Gasteiger partial charge on any atom is 0.223 e. The SMILES string of the molecule is Nc1nc(Cl)c2c(Br)[nH]nc2n1. The van der Waals surface area contributed by atoms with Gasteiger partial charge < -0.3 is 5.73 Å². The molecule has 2 aromatic rings. The lowest BCUT2D eigenvalue weighted by Gasteiger charge is -1.93. The van der Waals surface area contributed by atoms with Crippen molar-refractivity contribution in [1.29, 1.82) is 0 Å². The van der Waals surface area contributed by atoms with E-state index in [1.54, 1.807) is 0 Å². The number of nitrogens with two attached hydrogens (primary N) is 1. The fourth-order valence-electron chi connectivity index (χ4n) is 0.866. The number of H-pyrrole nitrogens is 1. The summed E-state index contributed by atoms with van der Waals surface area (Å²) in [6.07, 6.45) is 0. The Kier molecular flexibility index (Phi) is 1.66. The number of aromatic nitrogens is 4. The molecule has 0 aliphatic carbocycles. The Labute approximate surface area is 80.5 Å². The van der Waals surface area contributed by atoms with Crippen molar-refractivity contribution >= 4 is 44.5 Å². The Morgan fingerprint density at radius 3 is 2.92 bits per heavy atom. The first-order valence-electron chi connectivity index (χ1n) is 3.01. The molecule has 12 heavy (non-hydrogen) atoms. The number of nitrogen functional groups attached to an aromatic ring is 1. The molecule has 0 bridgehead atoms. The number of nitrogens with one attached hydrogen (secondary N) is 1. The number of halogens is 2. The van der Waals surface area contributed by atoms with Gasteiger partial charge in [0.15, 0.2) is 5.65 Å². The van der Waals surface area contributed by atoms with Crippen LogP contribution >= 0.6 is 27.5 Å². The highest BCUT2D eigenvalue weighted by Gasteiger charge is 2.10. The van der Waals surface area contributed by atoms with Crippen LogP contribution in [0.5, 0.6) is 0 Å². The van der Waals surface area contributed by atoms with Crippen LogP contribution in [-0.2, 0) is 0 Å². The van der Waals surface area contributed by atoms with Crippen molar-refractivity contribution < 1.29 is 0 Å². The second kappa shape index (κ2) is 2.56. The first-order chi connectivity index (χ1) is 5.68. The van der Waals surface area contributed by atoms with Crippen molar-refractivity contribution in [3.8, 4) is 0 Å². The normalized spacial score (nSPS) is 10.8. The molecule has 0 aliphatic rings. The third-order valence-electron chi connectivity index (χ3n) is 1.34. The molecule has 2 rings (SSSR count). The molecule has 0 aliphatic heterocycles. The fraction of sp³-hybridized carbons (Fsp3) is 0. The minimum Gasteiger partial charge on any atom is -0.368 e. The van der Waals surface area contributed by atoms with E-state index in [9.17, 15) is 0 Å². The lowest BCUT2D eigenvalue weighted by atomic mass is 10.4. The van der Waals surface area contributed by atoms with E-state index >= 15 is 0 Å². The quantitative estimate of drug-likeness (QED) is 0.690. The van der Waals surface area contributed by atoms with E-state index in [2.05, 4.69) is 36.1 Å². The van der Waals surface area contributed by atoms with Crippen molar-refractivity contribution in [3.63, 3.8) is 0 Å². The smallest absolute Gasteiger partial charge is 0.223 e. The number of anilines is 1. The Morgan fingerprint density at radius 1 is 1.42 bits per heavy atom. The van der Waals surface area contributed by atoms with Crippen LogP contribution in [0.25, 0.3) is 11.0 Å². The van der Waals surface area contributed by atoms with Gasteiger partial charge in [-0.2, -0.15) is 10.1 Å². The van der Waals surface area contributed by atoms with E-state index in [-0.39, 0.29) is 11.1 Å². The van der Waals surface area contributed by atoms with Gasteiger partial charge >= 0.3 is 0 Å². The van der Waals surface area contributed by atoms with E-state index in [1.165, 1.54) is 0 Å². The number of fused-ring (bicyclic) bond motifs is 1. The molecule has 0 unspecified atom stereocenters. The first-order valence-corrected chi connectivity index (χ1v) is 4.18. The molecule has 5 nitrogen and oxygen atoms in total. The molecular weight excluding hydrogens is 245 g/mol. The molecule has 0 spiro atoms. The van der Waals surface area contributed by atoms with Gasteiger partial charge in [-0.05, 0) is 15.9 Å². The highest BCUT2D eigenvalue weighted by Crippen LogP contribution is 2.25. The lowest BCUT2D eigenvalue weighted by Crippen LogP contribution is -1.94. The van der Waals surface area contributed by atoms with E-state index in [1.807, 2.05) is 0 Å². The molecule has 0 saturated carbocycles. The van der Waals surface area contributed by atoms with Crippen LogP contribution in [0, 0.1) is 0 Å². The van der Waals surface area contributed by atoms with Crippen LogP contribution in [0.4, 0.5) is 5.95 Å². The molecule has 0 radical (unpaired) electrons. The summed E-state index contributed by atoms with van der Waals surface area (Å²) in [6, 6.07) is 0. The van der Waals surface area contributed by atoms with Crippen LogP contribution < -0.4 is 5.73 Å². The number of hydrogen-bond acceptors (Lipinski definition) is 4. The summed E-state index contributed by atoms with van der Waals surface area (Å²) in [6.45, 7) is 0. The summed E-state index contributed by atoms with van der Waals surface area (Å²) in [4.78, 5) is 7.64. The summed E-state index contributed by atoms with van der Waals surface area (Å²) < 4.78 is 0.655. The number of nitrogens with zero attached hydrogens (tertiary/aromatic N) is 3. The average molecular weight is 248 g/mol. The molecule has 0 atom stereocenters.